The van der Waals surface area contributed by atoms with Crippen molar-refractivity contribution in [3.63, 3.8) is 0 Å². The van der Waals surface area contributed by atoms with Crippen molar-refractivity contribution in [2.45, 2.75) is 44.7 Å². The zero-order valence-corrected chi connectivity index (χ0v) is 16.4. The molecular formula is C19H31Cl2N3O. The second-order valence-electron chi connectivity index (χ2n) is 7.08. The van der Waals surface area contributed by atoms with E-state index >= 15 is 0 Å². The van der Waals surface area contributed by atoms with Crippen LogP contribution in [0.3, 0.4) is 0 Å². The summed E-state index contributed by atoms with van der Waals surface area (Å²) < 4.78 is 0. The number of amides is 1. The number of halogens is 2. The van der Waals surface area contributed by atoms with Crippen molar-refractivity contribution >= 4 is 30.7 Å². The van der Waals surface area contributed by atoms with Crippen molar-refractivity contribution < 1.29 is 4.79 Å². The molecule has 0 unspecified atom stereocenters. The lowest BCUT2D eigenvalue weighted by atomic mass is 9.94. The topological polar surface area (TPSA) is 58.4 Å². The largest absolute Gasteiger partial charge is 0.353 e. The number of hydrogen-bond donors (Lipinski definition) is 2. The molecular weight excluding hydrogens is 357 g/mol. The van der Waals surface area contributed by atoms with E-state index in [0.717, 1.165) is 51.7 Å². The number of rotatable bonds is 5. The van der Waals surface area contributed by atoms with E-state index in [1.807, 2.05) is 0 Å². The average Bonchev–Trinajstić information content (AvgIpc) is 3.06. The third-order valence-electron chi connectivity index (χ3n) is 5.48. The lowest BCUT2D eigenvalue weighted by Crippen LogP contribution is -2.47. The average molecular weight is 388 g/mol. The summed E-state index contributed by atoms with van der Waals surface area (Å²) in [5.74, 6) is 0.801. The van der Waals surface area contributed by atoms with Gasteiger partial charge in [-0.1, -0.05) is 36.8 Å². The molecule has 0 radical (unpaired) electrons. The number of nitrogens with zero attached hydrogens (tertiary/aromatic N) is 1. The Bertz CT molecular complexity index is 507. The van der Waals surface area contributed by atoms with Gasteiger partial charge < -0.3 is 11.1 Å². The Labute approximate surface area is 163 Å². The van der Waals surface area contributed by atoms with Gasteiger partial charge in [-0.15, -0.1) is 24.8 Å². The maximum atomic E-state index is 12.5. The van der Waals surface area contributed by atoms with Crippen LogP contribution in [0.1, 0.15) is 37.7 Å². The van der Waals surface area contributed by atoms with E-state index < -0.39 is 0 Å². The molecule has 1 aliphatic heterocycles. The molecule has 2 atom stereocenters. The quantitative estimate of drug-likeness (QED) is 0.816. The molecule has 1 aliphatic carbocycles. The van der Waals surface area contributed by atoms with Crippen molar-refractivity contribution in [1.82, 2.24) is 10.2 Å². The van der Waals surface area contributed by atoms with E-state index in [2.05, 4.69) is 40.5 Å². The highest BCUT2D eigenvalue weighted by Crippen LogP contribution is 2.31. The minimum atomic E-state index is 0. The van der Waals surface area contributed by atoms with Crippen LogP contribution in [0.4, 0.5) is 0 Å². The molecule has 142 valence electrons. The first-order chi connectivity index (χ1) is 11.3. The summed E-state index contributed by atoms with van der Waals surface area (Å²) in [5.41, 5.74) is 7.17. The third-order valence-corrected chi connectivity index (χ3v) is 5.48. The fraction of sp³-hybridized carbons (Fsp3) is 0.632. The molecule has 1 amide bonds. The fourth-order valence-electron chi connectivity index (χ4n) is 4.05. The van der Waals surface area contributed by atoms with Crippen LogP contribution in [0.25, 0.3) is 0 Å². The normalized spacial score (nSPS) is 24.2. The smallest absolute Gasteiger partial charge is 0.223 e. The van der Waals surface area contributed by atoms with Gasteiger partial charge in [0.25, 0.3) is 0 Å². The van der Waals surface area contributed by atoms with E-state index in [4.69, 9.17) is 5.73 Å². The molecule has 1 heterocycles. The number of benzene rings is 1. The molecule has 1 aromatic carbocycles. The Balaban J connectivity index is 0.00000156. The van der Waals surface area contributed by atoms with Crippen molar-refractivity contribution in [2.75, 3.05) is 19.6 Å². The third kappa shape index (κ3) is 6.14. The standard InChI is InChI=1S/C19H29N3O.2ClH/c20-13-16-7-4-8-18(16)19(23)21-17-9-11-22(12-10-17)14-15-5-2-1-3-6-15;;/h1-3,5-6,16-18H,4,7-14,20H2,(H,21,23);2*1H/t16-,18-;;/m1../s1. The summed E-state index contributed by atoms with van der Waals surface area (Å²) in [6, 6.07) is 11.0. The molecule has 1 saturated heterocycles. The van der Waals surface area contributed by atoms with E-state index in [1.165, 1.54) is 5.56 Å². The number of hydrogen-bond acceptors (Lipinski definition) is 3. The van der Waals surface area contributed by atoms with Crippen LogP contribution in [0, 0.1) is 11.8 Å². The maximum absolute atomic E-state index is 12.5. The van der Waals surface area contributed by atoms with Gasteiger partial charge in [0.05, 0.1) is 0 Å². The van der Waals surface area contributed by atoms with Crippen molar-refractivity contribution in [3.8, 4) is 0 Å². The zero-order chi connectivity index (χ0) is 16.1. The molecule has 1 saturated carbocycles. The second kappa shape index (κ2) is 11.0. The molecule has 2 fully saturated rings. The number of carbonyl (C=O) groups is 1. The first kappa shape index (κ1) is 22.2. The van der Waals surface area contributed by atoms with Gasteiger partial charge in [-0.3, -0.25) is 9.69 Å². The summed E-state index contributed by atoms with van der Waals surface area (Å²) in [6.45, 7) is 3.78. The first-order valence-electron chi connectivity index (χ1n) is 9.03. The van der Waals surface area contributed by atoms with E-state index in [1.54, 1.807) is 0 Å². The maximum Gasteiger partial charge on any atom is 0.223 e. The van der Waals surface area contributed by atoms with Crippen LogP contribution in [-0.2, 0) is 11.3 Å². The number of carbonyl (C=O) groups excluding carboxylic acids is 1. The van der Waals surface area contributed by atoms with Crippen LogP contribution < -0.4 is 11.1 Å². The first-order valence-corrected chi connectivity index (χ1v) is 9.03. The van der Waals surface area contributed by atoms with Gasteiger partial charge in [-0.05, 0) is 43.7 Å². The van der Waals surface area contributed by atoms with Crippen LogP contribution in [0.5, 0.6) is 0 Å². The van der Waals surface area contributed by atoms with Crippen LogP contribution >= 0.6 is 24.8 Å². The molecule has 3 rings (SSSR count). The van der Waals surface area contributed by atoms with Crippen LogP contribution in [0.2, 0.25) is 0 Å². The van der Waals surface area contributed by atoms with Crippen molar-refractivity contribution in [3.05, 3.63) is 35.9 Å². The van der Waals surface area contributed by atoms with Gasteiger partial charge in [-0.2, -0.15) is 0 Å². The van der Waals surface area contributed by atoms with Gasteiger partial charge in [0, 0.05) is 31.6 Å². The van der Waals surface area contributed by atoms with Crippen molar-refractivity contribution in [2.24, 2.45) is 17.6 Å². The Morgan fingerprint density at radius 1 is 1.08 bits per heavy atom. The summed E-state index contributed by atoms with van der Waals surface area (Å²) in [7, 11) is 0. The van der Waals surface area contributed by atoms with Gasteiger partial charge >= 0.3 is 0 Å². The molecule has 0 aromatic heterocycles. The highest BCUT2D eigenvalue weighted by molar-refractivity contribution is 5.85. The van der Waals surface area contributed by atoms with Crippen molar-refractivity contribution in [1.29, 1.82) is 0 Å². The van der Waals surface area contributed by atoms with Gasteiger partial charge in [0.1, 0.15) is 0 Å². The molecule has 4 nitrogen and oxygen atoms in total. The molecule has 0 bridgehead atoms. The zero-order valence-electron chi connectivity index (χ0n) is 14.7. The van der Waals surface area contributed by atoms with E-state index in [9.17, 15) is 4.79 Å². The van der Waals surface area contributed by atoms with Gasteiger partial charge in [0.2, 0.25) is 5.91 Å². The SMILES string of the molecule is Cl.Cl.NC[C@H]1CCC[C@H]1C(=O)NC1CCN(Cc2ccccc2)CC1. The monoisotopic (exact) mass is 387 g/mol. The lowest BCUT2D eigenvalue weighted by Gasteiger charge is -2.33. The van der Waals surface area contributed by atoms with Crippen LogP contribution in [-0.4, -0.2) is 36.5 Å². The predicted octanol–water partition coefficient (Wildman–Crippen LogP) is 2.99. The molecule has 2 aliphatic rings. The number of nitrogens with one attached hydrogen (secondary N) is 1. The fourth-order valence-corrected chi connectivity index (χ4v) is 4.05. The number of nitrogens with two attached hydrogens (primary N) is 1. The minimum absolute atomic E-state index is 0. The molecule has 3 N–H and O–H groups in total. The van der Waals surface area contributed by atoms with E-state index in [0.29, 0.717) is 18.5 Å². The summed E-state index contributed by atoms with van der Waals surface area (Å²) in [5, 5.41) is 3.29. The highest BCUT2D eigenvalue weighted by Gasteiger charge is 2.33. The Morgan fingerprint density at radius 2 is 1.76 bits per heavy atom. The molecule has 25 heavy (non-hydrogen) atoms. The number of likely N-dealkylation sites (tertiary alicyclic amines) is 1. The van der Waals surface area contributed by atoms with Crippen LogP contribution in [0.15, 0.2) is 30.3 Å². The lowest BCUT2D eigenvalue weighted by molar-refractivity contribution is -0.127. The molecule has 6 heteroatoms. The Hall–Kier alpha value is -0.810. The summed E-state index contributed by atoms with van der Waals surface area (Å²) in [6.07, 6.45) is 5.39. The molecule has 0 spiro atoms. The highest BCUT2D eigenvalue weighted by atomic mass is 35.5. The van der Waals surface area contributed by atoms with E-state index in [-0.39, 0.29) is 36.6 Å². The Morgan fingerprint density at radius 3 is 2.40 bits per heavy atom. The van der Waals surface area contributed by atoms with Gasteiger partial charge in [-0.25, -0.2) is 0 Å². The Kier molecular flexibility index (Phi) is 9.80. The predicted molar refractivity (Wildman–Crippen MR) is 107 cm³/mol. The summed E-state index contributed by atoms with van der Waals surface area (Å²) in [4.78, 5) is 15.0. The minimum Gasteiger partial charge on any atom is -0.353 e. The molecule has 1 aromatic rings. The number of piperidine rings is 1. The van der Waals surface area contributed by atoms with Gasteiger partial charge in [0.15, 0.2) is 0 Å². The second-order valence-corrected chi connectivity index (χ2v) is 7.08. The summed E-state index contributed by atoms with van der Waals surface area (Å²) >= 11 is 0.